The number of nitrogens with zero attached hydrogens (tertiary/aromatic N) is 2. The van der Waals surface area contributed by atoms with Crippen molar-refractivity contribution in [3.8, 4) is 0 Å². The normalized spacial score (nSPS) is 14.6. The second-order valence-electron chi connectivity index (χ2n) is 4.19. The van der Waals surface area contributed by atoms with Crippen LogP contribution in [-0.4, -0.2) is 32.0 Å². The Labute approximate surface area is 105 Å². The predicted octanol–water partition coefficient (Wildman–Crippen LogP) is 1.36. The van der Waals surface area contributed by atoms with E-state index < -0.39 is 10.8 Å². The van der Waals surface area contributed by atoms with E-state index in [1.54, 1.807) is 6.26 Å². The fourth-order valence-electron chi connectivity index (χ4n) is 1.57. The van der Waals surface area contributed by atoms with E-state index in [1.807, 2.05) is 25.5 Å². The van der Waals surface area contributed by atoms with Crippen molar-refractivity contribution in [2.45, 2.75) is 39.0 Å². The molecule has 0 amide bonds. The van der Waals surface area contributed by atoms with Gasteiger partial charge in [-0.3, -0.25) is 4.21 Å². The molecule has 2 atom stereocenters. The van der Waals surface area contributed by atoms with Gasteiger partial charge >= 0.3 is 0 Å². The van der Waals surface area contributed by atoms with Crippen molar-refractivity contribution < 1.29 is 4.21 Å². The number of nitrogen functional groups attached to an aromatic ring is 1. The summed E-state index contributed by atoms with van der Waals surface area (Å²) in [7, 11) is -0.769. The van der Waals surface area contributed by atoms with Crippen molar-refractivity contribution in [3.05, 3.63) is 5.69 Å². The number of aromatic nitrogens is 2. The Kier molecular flexibility index (Phi) is 4.99. The largest absolute Gasteiger partial charge is 0.394 e. The number of aryl methyl sites for hydroxylation is 2. The third kappa shape index (κ3) is 3.46. The lowest BCUT2D eigenvalue weighted by Gasteiger charge is -2.11. The molecule has 0 saturated heterocycles. The highest BCUT2D eigenvalue weighted by Gasteiger charge is 2.12. The Morgan fingerprint density at radius 3 is 2.76 bits per heavy atom. The van der Waals surface area contributed by atoms with Gasteiger partial charge in [0.1, 0.15) is 5.82 Å². The van der Waals surface area contributed by atoms with Gasteiger partial charge < -0.3 is 11.1 Å². The van der Waals surface area contributed by atoms with E-state index >= 15 is 0 Å². The molecule has 0 saturated carbocycles. The second-order valence-corrected chi connectivity index (χ2v) is 5.99. The van der Waals surface area contributed by atoms with Gasteiger partial charge in [-0.05, 0) is 20.3 Å². The highest BCUT2D eigenvalue weighted by molar-refractivity contribution is 7.84. The third-order valence-electron chi connectivity index (χ3n) is 2.88. The zero-order valence-electron chi connectivity index (χ0n) is 11.0. The molecule has 0 aliphatic carbocycles. The van der Waals surface area contributed by atoms with Crippen molar-refractivity contribution >= 4 is 22.3 Å². The van der Waals surface area contributed by atoms with Gasteiger partial charge in [-0.15, -0.1) is 0 Å². The van der Waals surface area contributed by atoms with E-state index in [0.29, 0.717) is 5.69 Å². The van der Waals surface area contributed by atoms with Gasteiger partial charge in [0.25, 0.3) is 0 Å². The van der Waals surface area contributed by atoms with Crippen molar-refractivity contribution in [1.82, 2.24) is 9.78 Å². The van der Waals surface area contributed by atoms with Gasteiger partial charge in [-0.25, -0.2) is 4.68 Å². The summed E-state index contributed by atoms with van der Waals surface area (Å²) in [6.45, 7) is 7.46. The quantitative estimate of drug-likeness (QED) is 0.808. The van der Waals surface area contributed by atoms with Gasteiger partial charge in [-0.1, -0.05) is 6.92 Å². The van der Waals surface area contributed by atoms with Crippen LogP contribution in [0.2, 0.25) is 0 Å². The average molecular weight is 258 g/mol. The molecule has 2 unspecified atom stereocenters. The molecule has 1 aromatic rings. The first kappa shape index (κ1) is 14.0. The molecular weight excluding hydrogens is 236 g/mol. The molecule has 0 aliphatic heterocycles. The second kappa shape index (κ2) is 6.05. The Balaban J connectivity index is 2.60. The lowest BCUT2D eigenvalue weighted by Crippen LogP contribution is -2.16. The fourth-order valence-corrected chi connectivity index (χ4v) is 2.02. The minimum Gasteiger partial charge on any atom is -0.394 e. The number of anilines is 2. The van der Waals surface area contributed by atoms with Crippen LogP contribution in [0.25, 0.3) is 0 Å². The summed E-state index contributed by atoms with van der Waals surface area (Å²) in [5.41, 5.74) is 7.50. The first-order chi connectivity index (χ1) is 7.97. The van der Waals surface area contributed by atoms with E-state index in [-0.39, 0.29) is 5.25 Å². The molecule has 1 heterocycles. The van der Waals surface area contributed by atoms with Crippen LogP contribution in [0.15, 0.2) is 0 Å². The molecule has 0 fully saturated rings. The summed E-state index contributed by atoms with van der Waals surface area (Å²) in [5, 5.41) is 7.81. The van der Waals surface area contributed by atoms with Crippen molar-refractivity contribution in [2.75, 3.05) is 23.9 Å². The van der Waals surface area contributed by atoms with E-state index in [9.17, 15) is 4.21 Å². The first-order valence-electron chi connectivity index (χ1n) is 5.86. The van der Waals surface area contributed by atoms with Crippen LogP contribution in [0.4, 0.5) is 11.5 Å². The minimum absolute atomic E-state index is 0.197. The summed E-state index contributed by atoms with van der Waals surface area (Å²) >= 11 is 0. The van der Waals surface area contributed by atoms with E-state index in [2.05, 4.69) is 10.4 Å². The van der Waals surface area contributed by atoms with Crippen LogP contribution in [0.1, 0.15) is 26.0 Å². The number of hydrogen-bond acceptors (Lipinski definition) is 4. The van der Waals surface area contributed by atoms with Gasteiger partial charge in [0.15, 0.2) is 0 Å². The fraction of sp³-hybridized carbons (Fsp3) is 0.727. The molecule has 0 spiro atoms. The van der Waals surface area contributed by atoms with Crippen molar-refractivity contribution in [3.63, 3.8) is 0 Å². The molecule has 98 valence electrons. The molecule has 1 aromatic heterocycles. The molecule has 6 heteroatoms. The molecule has 0 radical (unpaired) electrons. The molecule has 0 aliphatic rings. The highest BCUT2D eigenvalue weighted by atomic mass is 32.2. The van der Waals surface area contributed by atoms with Gasteiger partial charge in [-0.2, -0.15) is 5.10 Å². The van der Waals surface area contributed by atoms with Crippen LogP contribution < -0.4 is 11.1 Å². The topological polar surface area (TPSA) is 72.9 Å². The molecule has 0 aromatic carbocycles. The van der Waals surface area contributed by atoms with Crippen LogP contribution in [0.3, 0.4) is 0 Å². The number of rotatable bonds is 6. The Hall–Kier alpha value is -1.04. The number of nitrogens with two attached hydrogens (primary N) is 1. The lowest BCUT2D eigenvalue weighted by atomic mass is 10.3. The molecule has 0 bridgehead atoms. The van der Waals surface area contributed by atoms with Crippen molar-refractivity contribution in [1.29, 1.82) is 0 Å². The molecule has 5 nitrogen and oxygen atoms in total. The zero-order chi connectivity index (χ0) is 13.0. The summed E-state index contributed by atoms with van der Waals surface area (Å²) in [4.78, 5) is 0. The Bertz CT molecular complexity index is 402. The van der Waals surface area contributed by atoms with E-state index in [4.69, 9.17) is 5.73 Å². The smallest absolute Gasteiger partial charge is 0.148 e. The van der Waals surface area contributed by atoms with Gasteiger partial charge in [0, 0.05) is 35.4 Å². The SMILES string of the molecule is CCn1nc(C)c(N)c1NCCC(C)S(C)=O. The standard InChI is InChI=1S/C11H22N4OS/c1-5-15-11(10(12)9(3)14-15)13-7-6-8(2)17(4)16/h8,13H,5-7,12H2,1-4H3. The van der Waals surface area contributed by atoms with Crippen molar-refractivity contribution in [2.24, 2.45) is 0 Å². The highest BCUT2D eigenvalue weighted by Crippen LogP contribution is 2.21. The first-order valence-corrected chi connectivity index (χ1v) is 7.48. The minimum atomic E-state index is -0.769. The summed E-state index contributed by atoms with van der Waals surface area (Å²) in [6.07, 6.45) is 2.59. The van der Waals surface area contributed by atoms with Crippen LogP contribution in [0, 0.1) is 6.92 Å². The van der Waals surface area contributed by atoms with E-state index in [1.165, 1.54) is 0 Å². The zero-order valence-corrected chi connectivity index (χ0v) is 11.8. The maximum atomic E-state index is 11.2. The maximum absolute atomic E-state index is 11.2. The predicted molar refractivity (Wildman–Crippen MR) is 73.7 cm³/mol. The molecule has 1 rings (SSSR count). The Morgan fingerprint density at radius 1 is 1.59 bits per heavy atom. The molecular formula is C11H22N4OS. The van der Waals surface area contributed by atoms with Crippen LogP contribution in [0.5, 0.6) is 0 Å². The maximum Gasteiger partial charge on any atom is 0.148 e. The summed E-state index contributed by atoms with van der Waals surface area (Å²) < 4.78 is 13.1. The van der Waals surface area contributed by atoms with Crippen LogP contribution >= 0.6 is 0 Å². The average Bonchev–Trinajstić information content (AvgIpc) is 2.56. The van der Waals surface area contributed by atoms with Gasteiger partial charge in [0.2, 0.25) is 0 Å². The summed E-state index contributed by atoms with van der Waals surface area (Å²) in [6, 6.07) is 0. The van der Waals surface area contributed by atoms with Crippen LogP contribution in [-0.2, 0) is 17.3 Å². The Morgan fingerprint density at radius 2 is 2.24 bits per heavy atom. The molecule has 17 heavy (non-hydrogen) atoms. The third-order valence-corrected chi connectivity index (χ3v) is 4.25. The number of hydrogen-bond donors (Lipinski definition) is 2. The van der Waals surface area contributed by atoms with Gasteiger partial charge in [0.05, 0.1) is 11.4 Å². The number of nitrogens with one attached hydrogen (secondary N) is 1. The molecule has 3 N–H and O–H groups in total. The van der Waals surface area contributed by atoms with E-state index in [0.717, 1.165) is 31.0 Å². The lowest BCUT2D eigenvalue weighted by molar-refractivity contribution is 0.653. The summed E-state index contributed by atoms with van der Waals surface area (Å²) in [5.74, 6) is 0.874. The monoisotopic (exact) mass is 258 g/mol.